The van der Waals surface area contributed by atoms with Crippen LogP contribution in [0.2, 0.25) is 5.02 Å². The lowest BCUT2D eigenvalue weighted by molar-refractivity contribution is -0.138. The topological polar surface area (TPSA) is 54.5 Å². The van der Waals surface area contributed by atoms with Crippen LogP contribution < -0.4 is 0 Å². The Kier molecular flexibility index (Phi) is 5.18. The Bertz CT molecular complexity index is 674. The van der Waals surface area contributed by atoms with E-state index in [1.54, 1.807) is 0 Å². The number of rotatable bonds is 3. The molecule has 0 aromatic heterocycles. The number of carbonyl (C=O) groups is 1. The van der Waals surface area contributed by atoms with E-state index < -0.39 is 32.6 Å². The summed E-state index contributed by atoms with van der Waals surface area (Å²) in [5.41, 5.74) is -0.318. The Morgan fingerprint density at radius 3 is 2.29 bits per heavy atom. The van der Waals surface area contributed by atoms with Crippen LogP contribution in [0.1, 0.15) is 15.9 Å². The van der Waals surface area contributed by atoms with Gasteiger partial charge in [0.25, 0.3) is 15.0 Å². The maximum absolute atomic E-state index is 12.3. The van der Waals surface area contributed by atoms with E-state index in [0.717, 1.165) is 19.2 Å². The number of carbonyl (C=O) groups excluding carboxylic acids is 1. The molecule has 0 atom stereocenters. The van der Waals surface area contributed by atoms with Crippen molar-refractivity contribution in [3.63, 3.8) is 0 Å². The van der Waals surface area contributed by atoms with E-state index in [2.05, 4.69) is 0 Å². The van der Waals surface area contributed by atoms with Crippen LogP contribution in [0.4, 0.5) is 13.2 Å². The zero-order valence-electron chi connectivity index (χ0n) is 10.8. The van der Waals surface area contributed by atoms with Gasteiger partial charge in [-0.2, -0.15) is 13.2 Å². The fourth-order valence-electron chi connectivity index (χ4n) is 1.68. The van der Waals surface area contributed by atoms with Gasteiger partial charge in [0, 0.05) is 28.3 Å². The van der Waals surface area contributed by atoms with Gasteiger partial charge in [0.05, 0.1) is 4.90 Å². The highest BCUT2D eigenvalue weighted by Crippen LogP contribution is 2.28. The minimum Gasteiger partial charge on any atom is -0.333 e. The normalized spacial score (nSPS) is 12.3. The number of hydrogen-bond donors (Lipinski definition) is 0. The van der Waals surface area contributed by atoms with E-state index in [0.29, 0.717) is 4.90 Å². The summed E-state index contributed by atoms with van der Waals surface area (Å²) in [5.74, 6) is -1.01. The van der Waals surface area contributed by atoms with Crippen molar-refractivity contribution in [1.29, 1.82) is 0 Å². The third-order valence-corrected chi connectivity index (χ3v) is 4.25. The zero-order chi connectivity index (χ0) is 16.6. The van der Waals surface area contributed by atoms with Gasteiger partial charge in [-0.05, 0) is 24.6 Å². The Balaban J connectivity index is 3.32. The van der Waals surface area contributed by atoms with Gasteiger partial charge < -0.3 is 4.90 Å². The molecule has 1 aromatic carbocycles. The van der Waals surface area contributed by atoms with Gasteiger partial charge in [-0.15, -0.1) is 0 Å². The first-order chi connectivity index (χ1) is 9.33. The summed E-state index contributed by atoms with van der Waals surface area (Å²) in [6.45, 7) is -0.207. The maximum Gasteiger partial charge on any atom is 0.406 e. The first kappa shape index (κ1) is 18.1. The molecule has 0 aliphatic carbocycles. The van der Waals surface area contributed by atoms with Crippen LogP contribution >= 0.6 is 22.3 Å². The van der Waals surface area contributed by atoms with Gasteiger partial charge >= 0.3 is 6.18 Å². The first-order valence-corrected chi connectivity index (χ1v) is 8.08. The van der Waals surface area contributed by atoms with Gasteiger partial charge in [-0.1, -0.05) is 11.6 Å². The SMILES string of the molecule is Cc1c(C(=O)N(C)CC(F)(F)F)cc(Cl)cc1S(=O)(=O)Cl. The molecule has 4 nitrogen and oxygen atoms in total. The predicted molar refractivity (Wildman–Crippen MR) is 72.2 cm³/mol. The largest absolute Gasteiger partial charge is 0.406 e. The summed E-state index contributed by atoms with van der Waals surface area (Å²) >= 11 is 5.69. The van der Waals surface area contributed by atoms with Crippen molar-refractivity contribution in [2.24, 2.45) is 0 Å². The monoisotopic (exact) mass is 363 g/mol. The molecule has 0 aliphatic heterocycles. The van der Waals surface area contributed by atoms with Crippen molar-refractivity contribution >= 4 is 37.2 Å². The molecule has 0 fully saturated rings. The van der Waals surface area contributed by atoms with E-state index in [4.69, 9.17) is 22.3 Å². The third-order valence-electron chi connectivity index (χ3n) is 2.58. The van der Waals surface area contributed by atoms with Crippen LogP contribution in [-0.2, 0) is 9.05 Å². The molecule has 21 heavy (non-hydrogen) atoms. The zero-order valence-corrected chi connectivity index (χ0v) is 13.2. The molecule has 0 saturated heterocycles. The molecule has 0 aliphatic rings. The van der Waals surface area contributed by atoms with Gasteiger partial charge in [0.15, 0.2) is 0 Å². The summed E-state index contributed by atoms with van der Waals surface area (Å²) < 4.78 is 59.6. The van der Waals surface area contributed by atoms with Crippen LogP contribution in [0.5, 0.6) is 0 Å². The second kappa shape index (κ2) is 6.02. The minimum absolute atomic E-state index is 0.0616. The molecule has 10 heteroatoms. The number of benzene rings is 1. The predicted octanol–water partition coefficient (Wildman–Crippen LogP) is 3.21. The number of nitrogens with zero attached hydrogens (tertiary/aromatic N) is 1. The highest BCUT2D eigenvalue weighted by atomic mass is 35.7. The molecule has 1 aromatic rings. The van der Waals surface area contributed by atoms with Crippen molar-refractivity contribution in [3.05, 3.63) is 28.3 Å². The van der Waals surface area contributed by atoms with Crippen molar-refractivity contribution in [3.8, 4) is 0 Å². The molecule has 1 rings (SSSR count). The molecular formula is C11H10Cl2F3NO3S. The van der Waals surface area contributed by atoms with Crippen LogP contribution in [0.15, 0.2) is 17.0 Å². The van der Waals surface area contributed by atoms with Gasteiger partial charge in [-0.3, -0.25) is 4.79 Å². The molecule has 0 heterocycles. The van der Waals surface area contributed by atoms with Gasteiger partial charge in [-0.25, -0.2) is 8.42 Å². The number of hydrogen-bond acceptors (Lipinski definition) is 3. The van der Waals surface area contributed by atoms with E-state index in [9.17, 15) is 26.4 Å². The molecule has 118 valence electrons. The van der Waals surface area contributed by atoms with Crippen molar-refractivity contribution in [2.75, 3.05) is 13.6 Å². The molecule has 0 saturated carbocycles. The Hall–Kier alpha value is -0.990. The Morgan fingerprint density at radius 1 is 1.33 bits per heavy atom. The summed E-state index contributed by atoms with van der Waals surface area (Å²) in [4.78, 5) is 12.0. The molecule has 0 radical (unpaired) electrons. The highest BCUT2D eigenvalue weighted by Gasteiger charge is 2.32. The van der Waals surface area contributed by atoms with Gasteiger partial charge in [0.1, 0.15) is 6.54 Å². The summed E-state index contributed by atoms with van der Waals surface area (Å²) in [6.07, 6.45) is -4.57. The molecule has 0 bridgehead atoms. The summed E-state index contributed by atoms with van der Waals surface area (Å²) in [7, 11) is 1.98. The fraction of sp³-hybridized carbons (Fsp3) is 0.364. The smallest absolute Gasteiger partial charge is 0.333 e. The molecule has 0 N–H and O–H groups in total. The molecular weight excluding hydrogens is 354 g/mol. The average molecular weight is 364 g/mol. The van der Waals surface area contributed by atoms with E-state index in [-0.39, 0.29) is 16.1 Å². The number of halogens is 5. The molecule has 0 spiro atoms. The van der Waals surface area contributed by atoms with Gasteiger partial charge in [0.2, 0.25) is 0 Å². The lowest BCUT2D eigenvalue weighted by Gasteiger charge is -2.20. The molecule has 0 unspecified atom stereocenters. The summed E-state index contributed by atoms with van der Waals surface area (Å²) in [6, 6.07) is 2.12. The lowest BCUT2D eigenvalue weighted by Crippen LogP contribution is -2.36. The fourth-order valence-corrected chi connectivity index (χ4v) is 3.18. The van der Waals surface area contributed by atoms with Crippen molar-refractivity contribution in [2.45, 2.75) is 18.0 Å². The number of amides is 1. The quantitative estimate of drug-likeness (QED) is 0.774. The van der Waals surface area contributed by atoms with Crippen LogP contribution in [-0.4, -0.2) is 39.0 Å². The number of alkyl halides is 3. The highest BCUT2D eigenvalue weighted by molar-refractivity contribution is 8.13. The minimum atomic E-state index is -4.57. The average Bonchev–Trinajstić information content (AvgIpc) is 2.27. The molecule has 1 amide bonds. The van der Waals surface area contributed by atoms with Crippen molar-refractivity contribution < 1.29 is 26.4 Å². The van der Waals surface area contributed by atoms with E-state index >= 15 is 0 Å². The van der Waals surface area contributed by atoms with Crippen molar-refractivity contribution in [1.82, 2.24) is 4.90 Å². The van der Waals surface area contributed by atoms with Crippen LogP contribution in [0, 0.1) is 6.92 Å². The Morgan fingerprint density at radius 2 is 1.86 bits per heavy atom. The second-order valence-electron chi connectivity index (χ2n) is 4.29. The first-order valence-electron chi connectivity index (χ1n) is 5.40. The summed E-state index contributed by atoms with van der Waals surface area (Å²) in [5, 5.41) is -0.122. The lowest BCUT2D eigenvalue weighted by atomic mass is 10.1. The van der Waals surface area contributed by atoms with Crippen LogP contribution in [0.3, 0.4) is 0 Å². The Labute approximate surface area is 128 Å². The second-order valence-corrected chi connectivity index (χ2v) is 7.26. The van der Waals surface area contributed by atoms with Crippen LogP contribution in [0.25, 0.3) is 0 Å². The standard InChI is InChI=1S/C11H10Cl2F3NO3S/c1-6-8(10(18)17(2)5-11(14,15)16)3-7(12)4-9(6)21(13,19)20/h3-4H,5H2,1-2H3. The maximum atomic E-state index is 12.3. The third kappa shape index (κ3) is 4.76. The van der Waals surface area contributed by atoms with E-state index in [1.165, 1.54) is 6.92 Å². The van der Waals surface area contributed by atoms with E-state index in [1.807, 2.05) is 0 Å².